The van der Waals surface area contributed by atoms with Gasteiger partial charge in [-0.15, -0.1) is 0 Å². The van der Waals surface area contributed by atoms with E-state index < -0.39 is 5.97 Å². The monoisotopic (exact) mass is 193 g/mol. The molecule has 0 unspecified atom stereocenters. The highest BCUT2D eigenvalue weighted by atomic mass is 16.5. The summed E-state index contributed by atoms with van der Waals surface area (Å²) in [4.78, 5) is 10.3. The summed E-state index contributed by atoms with van der Waals surface area (Å²) in [7, 11) is 1.51. The third-order valence-corrected chi connectivity index (χ3v) is 1.66. The summed E-state index contributed by atoms with van der Waals surface area (Å²) in [5, 5.41) is 8.44. The van der Waals surface area contributed by atoms with Crippen LogP contribution < -0.4 is 10.5 Å². The van der Waals surface area contributed by atoms with E-state index in [4.69, 9.17) is 15.6 Å². The predicted molar refractivity (Wildman–Crippen MR) is 54.1 cm³/mol. The molecule has 0 heterocycles. The molecule has 74 valence electrons. The lowest BCUT2D eigenvalue weighted by Crippen LogP contribution is -1.91. The van der Waals surface area contributed by atoms with Crippen molar-refractivity contribution in [3.05, 3.63) is 29.8 Å². The summed E-state index contributed by atoms with van der Waals surface area (Å²) >= 11 is 0. The zero-order valence-electron chi connectivity index (χ0n) is 7.73. The molecule has 0 atom stereocenters. The van der Waals surface area contributed by atoms with Crippen molar-refractivity contribution in [3.8, 4) is 5.75 Å². The molecule has 0 spiro atoms. The van der Waals surface area contributed by atoms with Gasteiger partial charge in [-0.1, -0.05) is 0 Å². The molecule has 0 aliphatic carbocycles. The maximum absolute atomic E-state index is 10.3. The second-order valence-corrected chi connectivity index (χ2v) is 2.67. The van der Waals surface area contributed by atoms with E-state index in [0.717, 1.165) is 6.08 Å². The SMILES string of the molecule is COc1cc(N)ccc1C=CC(=O)O. The smallest absolute Gasteiger partial charge is 0.328 e. The van der Waals surface area contributed by atoms with Crippen molar-refractivity contribution in [1.82, 2.24) is 0 Å². The van der Waals surface area contributed by atoms with Gasteiger partial charge in [0.05, 0.1) is 7.11 Å². The zero-order chi connectivity index (χ0) is 10.6. The minimum atomic E-state index is -0.996. The van der Waals surface area contributed by atoms with Crippen molar-refractivity contribution in [3.63, 3.8) is 0 Å². The molecular weight excluding hydrogens is 182 g/mol. The number of carbonyl (C=O) groups is 1. The van der Waals surface area contributed by atoms with Crippen LogP contribution in [0.2, 0.25) is 0 Å². The van der Waals surface area contributed by atoms with Crippen molar-refractivity contribution in [1.29, 1.82) is 0 Å². The van der Waals surface area contributed by atoms with Crippen LogP contribution in [0.1, 0.15) is 5.56 Å². The minimum absolute atomic E-state index is 0.558. The van der Waals surface area contributed by atoms with E-state index in [-0.39, 0.29) is 0 Å². The van der Waals surface area contributed by atoms with E-state index in [1.165, 1.54) is 13.2 Å². The van der Waals surface area contributed by atoms with E-state index in [1.54, 1.807) is 18.2 Å². The quantitative estimate of drug-likeness (QED) is 0.561. The van der Waals surface area contributed by atoms with E-state index >= 15 is 0 Å². The molecule has 1 aromatic carbocycles. The molecule has 4 heteroatoms. The molecule has 0 amide bonds. The van der Waals surface area contributed by atoms with Crippen LogP contribution in [-0.4, -0.2) is 18.2 Å². The molecule has 0 aliphatic heterocycles. The molecular formula is C10H11NO3. The number of anilines is 1. The molecule has 1 aromatic rings. The Hall–Kier alpha value is -1.97. The first-order valence-electron chi connectivity index (χ1n) is 3.98. The highest BCUT2D eigenvalue weighted by Crippen LogP contribution is 2.22. The van der Waals surface area contributed by atoms with Gasteiger partial charge in [-0.25, -0.2) is 4.79 Å². The van der Waals surface area contributed by atoms with Crippen LogP contribution in [0.5, 0.6) is 5.75 Å². The largest absolute Gasteiger partial charge is 0.496 e. The first-order valence-corrected chi connectivity index (χ1v) is 3.98. The van der Waals surface area contributed by atoms with Crippen molar-refractivity contribution < 1.29 is 14.6 Å². The van der Waals surface area contributed by atoms with Gasteiger partial charge in [0.25, 0.3) is 0 Å². The molecule has 0 bridgehead atoms. The Kier molecular flexibility index (Phi) is 3.12. The van der Waals surface area contributed by atoms with Crippen LogP contribution in [0.3, 0.4) is 0 Å². The Balaban J connectivity index is 3.02. The minimum Gasteiger partial charge on any atom is -0.496 e. The lowest BCUT2D eigenvalue weighted by atomic mass is 10.1. The number of methoxy groups -OCH3 is 1. The molecule has 0 radical (unpaired) electrons. The van der Waals surface area contributed by atoms with Crippen LogP contribution in [-0.2, 0) is 4.79 Å². The normalized spacial score (nSPS) is 10.4. The number of carboxylic acids is 1. The fraction of sp³-hybridized carbons (Fsp3) is 0.100. The highest BCUT2D eigenvalue weighted by Gasteiger charge is 1.99. The number of carboxylic acid groups (broad SMARTS) is 1. The van der Waals surface area contributed by atoms with Crippen LogP contribution in [0.4, 0.5) is 5.69 Å². The van der Waals surface area contributed by atoms with Gasteiger partial charge in [0, 0.05) is 23.4 Å². The van der Waals surface area contributed by atoms with Gasteiger partial charge in [0.1, 0.15) is 5.75 Å². The Morgan fingerprint density at radius 1 is 1.57 bits per heavy atom. The van der Waals surface area contributed by atoms with Gasteiger partial charge in [0.15, 0.2) is 0 Å². The average Bonchev–Trinajstić information content (AvgIpc) is 2.15. The molecule has 4 nitrogen and oxygen atoms in total. The van der Waals surface area contributed by atoms with Crippen LogP contribution in [0, 0.1) is 0 Å². The molecule has 0 fully saturated rings. The highest BCUT2D eigenvalue weighted by molar-refractivity contribution is 5.86. The van der Waals surface area contributed by atoms with Crippen molar-refractivity contribution in [2.75, 3.05) is 12.8 Å². The summed E-state index contributed by atoms with van der Waals surface area (Å²) in [6.45, 7) is 0. The Morgan fingerprint density at radius 3 is 2.86 bits per heavy atom. The van der Waals surface area contributed by atoms with Gasteiger partial charge in [0.2, 0.25) is 0 Å². The second kappa shape index (κ2) is 4.32. The van der Waals surface area contributed by atoms with Gasteiger partial charge in [-0.3, -0.25) is 0 Å². The zero-order valence-corrected chi connectivity index (χ0v) is 7.73. The maximum atomic E-state index is 10.3. The molecule has 1 rings (SSSR count). The van der Waals surface area contributed by atoms with Crippen LogP contribution >= 0.6 is 0 Å². The van der Waals surface area contributed by atoms with Crippen molar-refractivity contribution >= 4 is 17.7 Å². The van der Waals surface area contributed by atoms with E-state index in [0.29, 0.717) is 17.0 Å². The lowest BCUT2D eigenvalue weighted by molar-refractivity contribution is -0.131. The topological polar surface area (TPSA) is 72.5 Å². The fourth-order valence-corrected chi connectivity index (χ4v) is 1.03. The summed E-state index contributed by atoms with van der Waals surface area (Å²) in [5.74, 6) is -0.439. The third kappa shape index (κ3) is 2.52. The summed E-state index contributed by atoms with van der Waals surface area (Å²) in [5.41, 5.74) is 6.80. The van der Waals surface area contributed by atoms with Crippen molar-refractivity contribution in [2.45, 2.75) is 0 Å². The van der Waals surface area contributed by atoms with Gasteiger partial charge >= 0.3 is 5.97 Å². The van der Waals surface area contributed by atoms with Gasteiger partial charge in [-0.2, -0.15) is 0 Å². The number of hydrogen-bond acceptors (Lipinski definition) is 3. The van der Waals surface area contributed by atoms with E-state index in [2.05, 4.69) is 0 Å². The molecule has 0 saturated carbocycles. The molecule has 0 aliphatic rings. The average molecular weight is 193 g/mol. The first-order chi connectivity index (χ1) is 6.63. The number of nitrogen functional groups attached to an aromatic ring is 1. The number of nitrogens with two attached hydrogens (primary N) is 1. The summed E-state index contributed by atoms with van der Waals surface area (Å²) in [6, 6.07) is 5.03. The lowest BCUT2D eigenvalue weighted by Gasteiger charge is -2.04. The number of benzene rings is 1. The molecule has 3 N–H and O–H groups in total. The first kappa shape index (κ1) is 10.1. The van der Waals surface area contributed by atoms with Gasteiger partial charge < -0.3 is 15.6 Å². The Morgan fingerprint density at radius 2 is 2.29 bits per heavy atom. The van der Waals surface area contributed by atoms with Gasteiger partial charge in [-0.05, 0) is 18.2 Å². The molecule has 0 aromatic heterocycles. The summed E-state index contributed by atoms with van der Waals surface area (Å²) in [6.07, 6.45) is 2.51. The third-order valence-electron chi connectivity index (χ3n) is 1.66. The van der Waals surface area contributed by atoms with Crippen molar-refractivity contribution in [2.24, 2.45) is 0 Å². The summed E-state index contributed by atoms with van der Waals surface area (Å²) < 4.78 is 5.03. The standard InChI is InChI=1S/C10H11NO3/c1-14-9-6-8(11)4-2-7(9)3-5-10(12)13/h2-6H,11H2,1H3,(H,12,13). The second-order valence-electron chi connectivity index (χ2n) is 2.67. The van der Waals surface area contributed by atoms with Crippen LogP contribution in [0.25, 0.3) is 6.08 Å². The molecule has 14 heavy (non-hydrogen) atoms. The number of ether oxygens (including phenoxy) is 1. The van der Waals surface area contributed by atoms with E-state index in [9.17, 15) is 4.79 Å². The van der Waals surface area contributed by atoms with E-state index in [1.807, 2.05) is 0 Å². The number of rotatable bonds is 3. The molecule has 0 saturated heterocycles. The Labute approximate surface area is 81.6 Å². The maximum Gasteiger partial charge on any atom is 0.328 e. The fourth-order valence-electron chi connectivity index (χ4n) is 1.03. The number of aliphatic carboxylic acids is 1. The Bertz CT molecular complexity index is 372. The van der Waals surface area contributed by atoms with Crippen LogP contribution in [0.15, 0.2) is 24.3 Å². The predicted octanol–water partition coefficient (Wildman–Crippen LogP) is 1.38. The number of hydrogen-bond donors (Lipinski definition) is 2.